The molecule has 1 N–H and O–H groups in total. The Kier molecular flexibility index (Phi) is 8.00. The maximum atomic E-state index is 13.9. The van der Waals surface area contributed by atoms with Gasteiger partial charge in [-0.05, 0) is 39.5 Å². The molecule has 0 radical (unpaired) electrons. The summed E-state index contributed by atoms with van der Waals surface area (Å²) in [6.45, 7) is 15.0. The van der Waals surface area contributed by atoms with Crippen molar-refractivity contribution in [1.29, 1.82) is 0 Å². The summed E-state index contributed by atoms with van der Waals surface area (Å²) in [5.41, 5.74) is -1.00. The highest BCUT2D eigenvalue weighted by Gasteiger charge is 2.74. The van der Waals surface area contributed by atoms with E-state index < -0.39 is 23.5 Å². The molecule has 0 aromatic carbocycles. The highest BCUT2D eigenvalue weighted by atomic mass is 16.5. The Labute approximate surface area is 197 Å². The Balaban J connectivity index is 2.02. The number of nitrogens with zero attached hydrogens (tertiary/aromatic N) is 3. The number of aliphatic hydroxyl groups excluding tert-OH is 1. The molecule has 0 aromatic rings. The van der Waals surface area contributed by atoms with Crippen molar-refractivity contribution in [2.45, 2.75) is 70.2 Å². The molecule has 0 saturated carbocycles. The van der Waals surface area contributed by atoms with Gasteiger partial charge >= 0.3 is 0 Å². The Morgan fingerprint density at radius 1 is 1.27 bits per heavy atom. The van der Waals surface area contributed by atoms with Gasteiger partial charge in [-0.15, -0.1) is 13.2 Å². The fraction of sp³-hybridized carbons (Fsp3) is 0.720. The van der Waals surface area contributed by atoms with E-state index in [-0.39, 0.29) is 43.0 Å². The number of fused-ring (bicyclic) bond motifs is 1. The second-order valence-corrected chi connectivity index (χ2v) is 9.61. The lowest BCUT2D eigenvalue weighted by Crippen LogP contribution is -2.57. The summed E-state index contributed by atoms with van der Waals surface area (Å²) in [7, 11) is 0. The lowest BCUT2D eigenvalue weighted by molar-refractivity contribution is -0.149. The van der Waals surface area contributed by atoms with Crippen molar-refractivity contribution in [2.75, 3.05) is 32.8 Å². The van der Waals surface area contributed by atoms with Crippen LogP contribution in [0.15, 0.2) is 25.3 Å². The molecule has 3 saturated heterocycles. The first-order chi connectivity index (χ1) is 15.8. The van der Waals surface area contributed by atoms with E-state index in [2.05, 4.69) is 13.2 Å². The Hall–Kier alpha value is -2.19. The summed E-state index contributed by atoms with van der Waals surface area (Å²) >= 11 is 0. The molecular formula is C25H39N3O5. The maximum absolute atomic E-state index is 13.9. The Morgan fingerprint density at radius 2 is 1.97 bits per heavy atom. The van der Waals surface area contributed by atoms with E-state index in [4.69, 9.17) is 4.74 Å². The second kappa shape index (κ2) is 10.4. The number of likely N-dealkylation sites (tertiary alicyclic amines) is 1. The first kappa shape index (κ1) is 25.4. The lowest BCUT2D eigenvalue weighted by Gasteiger charge is -2.38. The minimum atomic E-state index is -1.00. The van der Waals surface area contributed by atoms with Crippen molar-refractivity contribution in [3.8, 4) is 0 Å². The Morgan fingerprint density at radius 3 is 2.55 bits per heavy atom. The van der Waals surface area contributed by atoms with Gasteiger partial charge < -0.3 is 24.5 Å². The van der Waals surface area contributed by atoms with E-state index in [1.54, 1.807) is 26.9 Å². The van der Waals surface area contributed by atoms with E-state index in [0.717, 1.165) is 6.42 Å². The van der Waals surface area contributed by atoms with Crippen LogP contribution in [0.4, 0.5) is 0 Å². The van der Waals surface area contributed by atoms with Gasteiger partial charge in [-0.2, -0.15) is 0 Å². The topological polar surface area (TPSA) is 90.4 Å². The van der Waals surface area contributed by atoms with Crippen molar-refractivity contribution in [2.24, 2.45) is 11.8 Å². The van der Waals surface area contributed by atoms with Gasteiger partial charge in [-0.3, -0.25) is 14.4 Å². The molecule has 33 heavy (non-hydrogen) atoms. The van der Waals surface area contributed by atoms with Crippen LogP contribution in [0.2, 0.25) is 0 Å². The van der Waals surface area contributed by atoms with E-state index >= 15 is 0 Å². The molecule has 8 heteroatoms. The molecule has 0 aromatic heterocycles. The molecule has 3 aliphatic rings. The molecule has 3 aliphatic heterocycles. The monoisotopic (exact) mass is 461 g/mol. The van der Waals surface area contributed by atoms with Gasteiger partial charge in [0.05, 0.1) is 17.9 Å². The summed E-state index contributed by atoms with van der Waals surface area (Å²) in [5, 5.41) is 9.44. The number of aliphatic hydroxyl groups is 1. The predicted octanol–water partition coefficient (Wildman–Crippen LogP) is 1.59. The van der Waals surface area contributed by atoms with Crippen LogP contribution in [0, 0.1) is 11.8 Å². The van der Waals surface area contributed by atoms with Crippen LogP contribution in [-0.2, 0) is 19.1 Å². The standard InChI is InChI=1S/C25H39N3O5/c1-6-12-26(13-7-2)22(30)19-18-10-11-25(33-18)20(19)23(31)28(15-9-16-29)21(25)24(32)27(14-8-3)17(4)5/h6,8,17-21,29H,1,3,7,9-16H2,2,4-5H3/t18-,19+,20+,21?,25?/m1/s1. The highest BCUT2D eigenvalue weighted by Crippen LogP contribution is 2.59. The maximum Gasteiger partial charge on any atom is 0.248 e. The van der Waals surface area contributed by atoms with E-state index in [0.29, 0.717) is 38.9 Å². The molecule has 3 rings (SSSR count). The molecule has 184 valence electrons. The summed E-state index contributed by atoms with van der Waals surface area (Å²) < 4.78 is 6.47. The predicted molar refractivity (Wildman–Crippen MR) is 125 cm³/mol. The summed E-state index contributed by atoms with van der Waals surface area (Å²) in [6.07, 6.45) is 5.40. The van der Waals surface area contributed by atoms with Gasteiger partial charge in [0.15, 0.2) is 0 Å². The minimum absolute atomic E-state index is 0.0792. The van der Waals surface area contributed by atoms with Crippen LogP contribution >= 0.6 is 0 Å². The molecule has 3 heterocycles. The van der Waals surface area contributed by atoms with Crippen molar-refractivity contribution in [1.82, 2.24) is 14.7 Å². The zero-order valence-corrected chi connectivity index (χ0v) is 20.2. The van der Waals surface area contributed by atoms with Gasteiger partial charge in [-0.25, -0.2) is 0 Å². The average molecular weight is 462 g/mol. The van der Waals surface area contributed by atoms with Gasteiger partial charge in [0.2, 0.25) is 17.7 Å². The van der Waals surface area contributed by atoms with Crippen LogP contribution < -0.4 is 0 Å². The first-order valence-corrected chi connectivity index (χ1v) is 12.2. The minimum Gasteiger partial charge on any atom is -0.396 e. The molecule has 2 bridgehead atoms. The zero-order chi connectivity index (χ0) is 24.3. The quantitative estimate of drug-likeness (QED) is 0.446. The van der Waals surface area contributed by atoms with Gasteiger partial charge in [0.25, 0.3) is 0 Å². The molecule has 0 aliphatic carbocycles. The smallest absolute Gasteiger partial charge is 0.248 e. The number of carbonyl (C=O) groups is 3. The molecule has 3 fully saturated rings. The van der Waals surface area contributed by atoms with Crippen LogP contribution in [0.25, 0.3) is 0 Å². The number of ether oxygens (including phenoxy) is 1. The number of rotatable bonds is 12. The number of hydrogen-bond donors (Lipinski definition) is 1. The number of amides is 3. The SMILES string of the molecule is C=CCN(CCC)C(=O)[C@@H]1[C@H]2C(=O)N(CCCO)C(C(=O)N(CC=C)C(C)C)C23CC[C@H]1O3. The van der Waals surface area contributed by atoms with Crippen molar-refractivity contribution in [3.63, 3.8) is 0 Å². The highest BCUT2D eigenvalue weighted by molar-refractivity contribution is 5.99. The third kappa shape index (κ3) is 4.23. The van der Waals surface area contributed by atoms with Gasteiger partial charge in [0, 0.05) is 38.8 Å². The molecule has 5 atom stereocenters. The fourth-order valence-corrected chi connectivity index (χ4v) is 5.98. The normalized spacial score (nSPS) is 30.0. The van der Waals surface area contributed by atoms with Crippen molar-refractivity contribution in [3.05, 3.63) is 25.3 Å². The summed E-state index contributed by atoms with van der Waals surface area (Å²) in [6, 6.07) is -0.879. The third-order valence-electron chi connectivity index (χ3n) is 7.26. The van der Waals surface area contributed by atoms with Gasteiger partial charge in [-0.1, -0.05) is 19.1 Å². The lowest BCUT2D eigenvalue weighted by atomic mass is 9.70. The van der Waals surface area contributed by atoms with Crippen molar-refractivity contribution >= 4 is 17.7 Å². The van der Waals surface area contributed by atoms with E-state index in [1.807, 2.05) is 20.8 Å². The Bertz CT molecular complexity index is 784. The largest absolute Gasteiger partial charge is 0.396 e. The third-order valence-corrected chi connectivity index (χ3v) is 7.26. The average Bonchev–Trinajstić information content (AvgIpc) is 3.42. The van der Waals surface area contributed by atoms with Gasteiger partial charge in [0.1, 0.15) is 11.6 Å². The van der Waals surface area contributed by atoms with Crippen LogP contribution in [0.3, 0.4) is 0 Å². The summed E-state index contributed by atoms with van der Waals surface area (Å²) in [5.74, 6) is -1.76. The van der Waals surface area contributed by atoms with E-state index in [1.165, 1.54) is 0 Å². The van der Waals surface area contributed by atoms with E-state index in [9.17, 15) is 19.5 Å². The summed E-state index contributed by atoms with van der Waals surface area (Å²) in [4.78, 5) is 46.3. The van der Waals surface area contributed by atoms with Crippen molar-refractivity contribution < 1.29 is 24.2 Å². The van der Waals surface area contributed by atoms with Crippen LogP contribution in [0.1, 0.15) is 46.5 Å². The molecular weight excluding hydrogens is 422 g/mol. The first-order valence-electron chi connectivity index (χ1n) is 12.2. The number of hydrogen-bond acceptors (Lipinski definition) is 5. The second-order valence-electron chi connectivity index (χ2n) is 9.61. The fourth-order valence-electron chi connectivity index (χ4n) is 5.98. The molecule has 3 amide bonds. The van der Waals surface area contributed by atoms with Crippen LogP contribution in [-0.4, -0.2) is 94.1 Å². The molecule has 2 unspecified atom stereocenters. The van der Waals surface area contributed by atoms with Crippen LogP contribution in [0.5, 0.6) is 0 Å². The molecule has 1 spiro atoms. The molecule has 8 nitrogen and oxygen atoms in total. The zero-order valence-electron chi connectivity index (χ0n) is 20.2. The number of carbonyl (C=O) groups excluding carboxylic acids is 3.